The molecule has 0 saturated carbocycles. The topological polar surface area (TPSA) is 43.6 Å². The van der Waals surface area contributed by atoms with Gasteiger partial charge in [0, 0.05) is 10.0 Å². The molecule has 0 atom stereocenters. The first kappa shape index (κ1) is 13.1. The van der Waals surface area contributed by atoms with Crippen LogP contribution in [0.5, 0.6) is 0 Å². The van der Waals surface area contributed by atoms with Gasteiger partial charge in [0.05, 0.1) is 8.13 Å². The molecule has 14 heavy (non-hydrogen) atoms. The van der Waals surface area contributed by atoms with Crippen LogP contribution in [0.15, 0.2) is 5.17 Å². The Morgan fingerprint density at radius 1 is 1.36 bits per heavy atom. The van der Waals surface area contributed by atoms with Crippen LogP contribution < -0.4 is 0 Å². The van der Waals surface area contributed by atoms with Crippen LogP contribution in [-0.4, -0.2) is 20.2 Å². The highest BCUT2D eigenvalue weighted by atomic mass is 127. The first-order valence-corrected chi connectivity index (χ1v) is 7.33. The summed E-state index contributed by atoms with van der Waals surface area (Å²) in [5, 5.41) is 12.2. The largest absolute Gasteiger partial charge is 0.174 e. The molecule has 1 heterocycles. The third kappa shape index (κ3) is 4.24. The summed E-state index contributed by atoms with van der Waals surface area (Å²) in [5.41, 5.74) is 0. The van der Waals surface area contributed by atoms with Crippen molar-refractivity contribution in [3.8, 4) is 0 Å². The second kappa shape index (κ2) is 6.55. The van der Waals surface area contributed by atoms with Gasteiger partial charge in [0.25, 0.3) is 0 Å². The molecule has 1 aromatic heterocycles. The minimum atomic E-state index is 0.721. The van der Waals surface area contributed by atoms with Crippen molar-refractivity contribution in [3.05, 3.63) is 11.0 Å². The van der Waals surface area contributed by atoms with E-state index in [0.717, 1.165) is 25.2 Å². The first-order chi connectivity index (χ1) is 6.63. The zero-order valence-corrected chi connectivity index (χ0v) is 14.0. The van der Waals surface area contributed by atoms with E-state index >= 15 is 0 Å². The van der Waals surface area contributed by atoms with Crippen molar-refractivity contribution < 1.29 is 0 Å². The maximum atomic E-state index is 4.27. The van der Waals surface area contributed by atoms with E-state index < -0.39 is 0 Å². The molecule has 4 nitrogen and oxygen atoms in total. The van der Waals surface area contributed by atoms with Gasteiger partial charge in [0.1, 0.15) is 0 Å². The van der Waals surface area contributed by atoms with Crippen LogP contribution >= 0.6 is 67.8 Å². The highest BCUT2D eigenvalue weighted by Crippen LogP contribution is 2.25. The van der Waals surface area contributed by atoms with E-state index in [1.54, 1.807) is 4.80 Å². The smallest absolute Gasteiger partial charge is 0.159 e. The number of hydrogen-bond acceptors (Lipinski definition) is 3. The predicted octanol–water partition coefficient (Wildman–Crippen LogP) is 3.10. The quantitative estimate of drug-likeness (QED) is 0.563. The Hall–Kier alpha value is 1.00. The molecule has 0 radical (unpaired) electrons. The highest BCUT2D eigenvalue weighted by molar-refractivity contribution is 14.2. The lowest BCUT2D eigenvalue weighted by molar-refractivity contribution is 0.578. The number of rotatable bonds is 4. The van der Waals surface area contributed by atoms with Crippen LogP contribution in [0.4, 0.5) is 0 Å². The lowest BCUT2D eigenvalue weighted by Gasteiger charge is -1.97. The molecule has 1 aromatic rings. The van der Waals surface area contributed by atoms with Crippen LogP contribution in [0.2, 0.25) is 0 Å². The fraction of sp³-hybridized carbons (Fsp3) is 0.571. The van der Waals surface area contributed by atoms with Crippen molar-refractivity contribution in [1.29, 1.82) is 0 Å². The highest BCUT2D eigenvalue weighted by Gasteiger charge is 2.04. The Labute approximate surface area is 124 Å². The number of hydrogen-bond donors (Lipinski definition) is 0. The average Bonchev–Trinajstić information content (AvgIpc) is 2.53. The Morgan fingerprint density at radius 2 is 2.07 bits per heavy atom. The molecule has 7 heteroatoms. The summed E-state index contributed by atoms with van der Waals surface area (Å²) < 4.78 is 2.49. The molecular formula is C7H9I3N4. The van der Waals surface area contributed by atoms with Crippen LogP contribution in [0.1, 0.15) is 19.2 Å². The molecule has 1 rings (SSSR count). The third-order valence-electron chi connectivity index (χ3n) is 1.45. The van der Waals surface area contributed by atoms with Gasteiger partial charge in [-0.2, -0.15) is 4.80 Å². The third-order valence-corrected chi connectivity index (χ3v) is 5.70. The van der Waals surface area contributed by atoms with Gasteiger partial charge >= 0.3 is 0 Å². The van der Waals surface area contributed by atoms with Gasteiger partial charge in [-0.05, 0) is 79.4 Å². The lowest BCUT2D eigenvalue weighted by atomic mass is 10.3. The molecule has 0 amide bonds. The number of tetrazole rings is 1. The number of aromatic nitrogens is 4. The zero-order valence-electron chi connectivity index (χ0n) is 7.54. The molecule has 0 aromatic carbocycles. The number of aryl methyl sites for hydroxylation is 1. The molecule has 0 aliphatic rings. The van der Waals surface area contributed by atoms with Gasteiger partial charge in [0.2, 0.25) is 0 Å². The number of nitrogens with zero attached hydrogens (tertiary/aromatic N) is 4. The monoisotopic (exact) mass is 530 g/mol. The van der Waals surface area contributed by atoms with Crippen molar-refractivity contribution in [1.82, 2.24) is 20.2 Å². The van der Waals surface area contributed by atoms with Gasteiger partial charge < -0.3 is 0 Å². The maximum Gasteiger partial charge on any atom is 0.174 e. The second-order valence-electron chi connectivity index (χ2n) is 2.65. The zero-order chi connectivity index (χ0) is 10.6. The molecule has 0 aliphatic carbocycles. The summed E-state index contributed by atoms with van der Waals surface area (Å²) >= 11 is 6.88. The summed E-state index contributed by atoms with van der Waals surface area (Å²) in [6, 6.07) is 0. The van der Waals surface area contributed by atoms with E-state index in [-0.39, 0.29) is 0 Å². The van der Waals surface area contributed by atoms with Crippen molar-refractivity contribution in [2.24, 2.45) is 0 Å². The van der Waals surface area contributed by atoms with Crippen molar-refractivity contribution >= 4 is 67.8 Å². The fourth-order valence-electron chi connectivity index (χ4n) is 0.851. The van der Waals surface area contributed by atoms with Crippen LogP contribution in [-0.2, 0) is 13.0 Å². The predicted molar refractivity (Wildman–Crippen MR) is 80.9 cm³/mol. The molecular weight excluding hydrogens is 521 g/mol. The molecule has 0 bridgehead atoms. The average molecular weight is 530 g/mol. The van der Waals surface area contributed by atoms with Crippen LogP contribution in [0, 0.1) is 0 Å². The van der Waals surface area contributed by atoms with Gasteiger partial charge in [-0.1, -0.05) is 6.92 Å². The summed E-state index contributed by atoms with van der Waals surface area (Å²) in [6.07, 6.45) is 1.96. The maximum absolute atomic E-state index is 4.27. The Balaban J connectivity index is 2.64. The van der Waals surface area contributed by atoms with Crippen LogP contribution in [0.3, 0.4) is 0 Å². The van der Waals surface area contributed by atoms with E-state index in [0.29, 0.717) is 0 Å². The fourth-order valence-corrected chi connectivity index (χ4v) is 1.50. The minimum Gasteiger partial charge on any atom is -0.159 e. The van der Waals surface area contributed by atoms with Gasteiger partial charge in [0.15, 0.2) is 5.82 Å². The summed E-state index contributed by atoms with van der Waals surface area (Å²) in [7, 11) is 0. The van der Waals surface area contributed by atoms with Crippen molar-refractivity contribution in [2.45, 2.75) is 26.3 Å². The SMILES string of the molecule is CCCc1nnn(CC(I)=C(I)I)n1. The number of allylic oxidation sites excluding steroid dienone is 1. The van der Waals surface area contributed by atoms with E-state index in [4.69, 9.17) is 0 Å². The van der Waals surface area contributed by atoms with Crippen molar-refractivity contribution in [3.63, 3.8) is 0 Å². The van der Waals surface area contributed by atoms with Crippen molar-refractivity contribution in [2.75, 3.05) is 0 Å². The Morgan fingerprint density at radius 3 is 2.64 bits per heavy atom. The molecule has 78 valence electrons. The summed E-state index contributed by atoms with van der Waals surface area (Å²) in [5.74, 6) is 0.833. The molecule has 0 saturated heterocycles. The van der Waals surface area contributed by atoms with Crippen LogP contribution in [0.25, 0.3) is 0 Å². The molecule has 0 unspecified atom stereocenters. The minimum absolute atomic E-state index is 0.721. The van der Waals surface area contributed by atoms with E-state index in [1.807, 2.05) is 0 Å². The molecule has 0 fully saturated rings. The summed E-state index contributed by atoms with van der Waals surface area (Å²) in [6.45, 7) is 2.83. The van der Waals surface area contributed by atoms with E-state index in [1.165, 1.54) is 5.17 Å². The normalized spacial score (nSPS) is 10.3. The van der Waals surface area contributed by atoms with E-state index in [9.17, 15) is 0 Å². The number of halogens is 3. The molecule has 0 N–H and O–H groups in total. The second-order valence-corrected chi connectivity index (χ2v) is 8.18. The Bertz CT molecular complexity index is 329. The standard InChI is InChI=1S/C7H9I3N4/c1-2-3-6-11-13-14(12-6)4-5(8)7(9)10/h2-4H2,1H3. The van der Waals surface area contributed by atoms with Gasteiger partial charge in [-0.15, -0.1) is 10.2 Å². The summed E-state index contributed by atoms with van der Waals surface area (Å²) in [4.78, 5) is 1.64. The van der Waals surface area contributed by atoms with Gasteiger partial charge in [-0.25, -0.2) is 0 Å². The first-order valence-electron chi connectivity index (χ1n) is 4.09. The lowest BCUT2D eigenvalue weighted by Crippen LogP contribution is -2.03. The molecule has 0 spiro atoms. The van der Waals surface area contributed by atoms with E-state index in [2.05, 4.69) is 90.1 Å². The van der Waals surface area contributed by atoms with Gasteiger partial charge in [-0.3, -0.25) is 0 Å². The molecule has 0 aliphatic heterocycles. The Kier molecular flexibility index (Phi) is 6.12.